The maximum Gasteiger partial charge on any atom is 0.251 e. The molecule has 5 nitrogen and oxygen atoms in total. The van der Waals surface area contributed by atoms with Crippen LogP contribution in [0.5, 0.6) is 0 Å². The predicted molar refractivity (Wildman–Crippen MR) is 86.1 cm³/mol. The molecule has 0 bridgehead atoms. The summed E-state index contributed by atoms with van der Waals surface area (Å²) in [5.74, 6) is -0.178. The summed E-state index contributed by atoms with van der Waals surface area (Å²) in [5.41, 5.74) is 1.68. The number of amides is 1. The molecule has 0 unspecified atom stereocenters. The third-order valence-corrected chi connectivity index (χ3v) is 3.70. The number of hydrogen-bond donors (Lipinski definition) is 2. The van der Waals surface area contributed by atoms with E-state index in [9.17, 15) is 13.2 Å². The number of carbonyl (C=O) groups excluding carboxylic acids is 1. The second-order valence-corrected chi connectivity index (χ2v) is 6.97. The highest BCUT2D eigenvalue weighted by atomic mass is 32.2. The molecule has 0 spiro atoms. The molecular formula is C15H24N2O3S. The van der Waals surface area contributed by atoms with Crippen molar-refractivity contribution in [3.8, 4) is 0 Å². The number of benzene rings is 1. The Morgan fingerprint density at radius 3 is 2.52 bits per heavy atom. The van der Waals surface area contributed by atoms with Gasteiger partial charge in [0.05, 0.1) is 11.9 Å². The van der Waals surface area contributed by atoms with Crippen LogP contribution in [-0.2, 0) is 10.0 Å². The van der Waals surface area contributed by atoms with Crippen molar-refractivity contribution in [2.24, 2.45) is 0 Å². The molecule has 0 aliphatic carbocycles. The first kappa shape index (κ1) is 17.5. The Bertz CT molecular complexity index is 583. The van der Waals surface area contributed by atoms with Gasteiger partial charge >= 0.3 is 0 Å². The summed E-state index contributed by atoms with van der Waals surface area (Å²) in [6.07, 6.45) is 5.48. The van der Waals surface area contributed by atoms with Crippen molar-refractivity contribution in [1.82, 2.24) is 5.32 Å². The molecule has 0 saturated heterocycles. The van der Waals surface area contributed by atoms with Gasteiger partial charge in [-0.25, -0.2) is 8.42 Å². The standard InChI is InChI=1S/C15H24N2O3S/c1-4-5-6-7-10-16-15(18)13-9-8-12(2)14(11-13)17-21(3,19)20/h8-9,11,17H,4-7,10H2,1-3H3,(H,16,18). The first-order valence-electron chi connectivity index (χ1n) is 7.20. The van der Waals surface area contributed by atoms with Gasteiger partial charge in [0.2, 0.25) is 10.0 Å². The predicted octanol–water partition coefficient (Wildman–Crippen LogP) is 2.68. The van der Waals surface area contributed by atoms with Gasteiger partial charge in [-0.05, 0) is 31.0 Å². The van der Waals surface area contributed by atoms with Crippen LogP contribution in [0, 0.1) is 6.92 Å². The molecule has 1 amide bonds. The molecule has 0 aliphatic heterocycles. The molecule has 6 heteroatoms. The number of hydrogen-bond acceptors (Lipinski definition) is 3. The summed E-state index contributed by atoms with van der Waals surface area (Å²) in [5, 5.41) is 2.85. The van der Waals surface area contributed by atoms with Crippen molar-refractivity contribution in [1.29, 1.82) is 0 Å². The fourth-order valence-corrected chi connectivity index (χ4v) is 2.55. The van der Waals surface area contributed by atoms with Gasteiger partial charge in [0, 0.05) is 12.1 Å². The second kappa shape index (κ2) is 8.02. The van der Waals surface area contributed by atoms with Crippen molar-refractivity contribution >= 4 is 21.6 Å². The molecule has 1 aromatic rings. The van der Waals surface area contributed by atoms with Crippen molar-refractivity contribution in [2.75, 3.05) is 17.5 Å². The molecule has 0 aliphatic rings. The highest BCUT2D eigenvalue weighted by Gasteiger charge is 2.10. The molecule has 1 aromatic carbocycles. The molecule has 0 saturated carbocycles. The molecule has 2 N–H and O–H groups in total. The van der Waals surface area contributed by atoms with Crippen LogP contribution in [0.1, 0.15) is 48.5 Å². The third kappa shape index (κ3) is 6.62. The van der Waals surface area contributed by atoms with Gasteiger partial charge in [0.1, 0.15) is 0 Å². The molecule has 0 radical (unpaired) electrons. The van der Waals surface area contributed by atoms with Crippen LogP contribution < -0.4 is 10.0 Å². The summed E-state index contributed by atoms with van der Waals surface area (Å²) >= 11 is 0. The largest absolute Gasteiger partial charge is 0.352 e. The summed E-state index contributed by atoms with van der Waals surface area (Å²) in [6, 6.07) is 5.00. The highest BCUT2D eigenvalue weighted by molar-refractivity contribution is 7.92. The van der Waals surface area contributed by atoms with E-state index in [1.54, 1.807) is 25.1 Å². The zero-order valence-corrected chi connectivity index (χ0v) is 13.7. The number of rotatable bonds is 8. The van der Waals surface area contributed by atoms with Gasteiger partial charge in [0.25, 0.3) is 5.91 Å². The molecule has 0 atom stereocenters. The number of unbranched alkanes of at least 4 members (excludes halogenated alkanes) is 3. The Kier molecular flexibility index (Phi) is 6.68. The van der Waals surface area contributed by atoms with Gasteiger partial charge in [0.15, 0.2) is 0 Å². The third-order valence-electron chi connectivity index (χ3n) is 3.11. The number of aryl methyl sites for hydroxylation is 1. The lowest BCUT2D eigenvalue weighted by Crippen LogP contribution is -2.24. The van der Waals surface area contributed by atoms with Crippen LogP contribution in [-0.4, -0.2) is 27.1 Å². The van der Waals surface area contributed by atoms with Crippen molar-refractivity contribution < 1.29 is 13.2 Å². The summed E-state index contributed by atoms with van der Waals surface area (Å²) in [4.78, 5) is 12.0. The van der Waals surface area contributed by atoms with Gasteiger partial charge < -0.3 is 5.32 Å². The minimum atomic E-state index is -3.35. The van der Waals surface area contributed by atoms with E-state index in [1.807, 2.05) is 0 Å². The van der Waals surface area contributed by atoms with E-state index in [4.69, 9.17) is 0 Å². The van der Waals surface area contributed by atoms with Crippen molar-refractivity contribution in [2.45, 2.75) is 39.5 Å². The van der Waals surface area contributed by atoms with E-state index in [2.05, 4.69) is 17.0 Å². The van der Waals surface area contributed by atoms with Gasteiger partial charge in [-0.2, -0.15) is 0 Å². The van der Waals surface area contributed by atoms with E-state index < -0.39 is 10.0 Å². The van der Waals surface area contributed by atoms with Crippen LogP contribution in [0.4, 0.5) is 5.69 Å². The van der Waals surface area contributed by atoms with E-state index in [0.717, 1.165) is 31.1 Å². The van der Waals surface area contributed by atoms with E-state index in [0.29, 0.717) is 17.8 Å². The number of anilines is 1. The normalized spacial score (nSPS) is 11.2. The zero-order valence-electron chi connectivity index (χ0n) is 12.9. The zero-order chi connectivity index (χ0) is 15.9. The summed E-state index contributed by atoms with van der Waals surface area (Å²) in [6.45, 7) is 4.57. The second-order valence-electron chi connectivity index (χ2n) is 5.22. The molecule has 118 valence electrons. The van der Waals surface area contributed by atoms with Crippen LogP contribution in [0.2, 0.25) is 0 Å². The number of carbonyl (C=O) groups is 1. The monoisotopic (exact) mass is 312 g/mol. The maximum atomic E-state index is 12.0. The highest BCUT2D eigenvalue weighted by Crippen LogP contribution is 2.18. The molecular weight excluding hydrogens is 288 g/mol. The van der Waals surface area contributed by atoms with Crippen LogP contribution in [0.15, 0.2) is 18.2 Å². The van der Waals surface area contributed by atoms with E-state index in [-0.39, 0.29) is 5.91 Å². The molecule has 0 heterocycles. The lowest BCUT2D eigenvalue weighted by atomic mass is 10.1. The van der Waals surface area contributed by atoms with Crippen molar-refractivity contribution in [3.05, 3.63) is 29.3 Å². The number of sulfonamides is 1. The lowest BCUT2D eigenvalue weighted by molar-refractivity contribution is 0.0953. The Morgan fingerprint density at radius 1 is 1.19 bits per heavy atom. The summed E-state index contributed by atoms with van der Waals surface area (Å²) in [7, 11) is -3.35. The Morgan fingerprint density at radius 2 is 1.90 bits per heavy atom. The Balaban J connectivity index is 2.66. The van der Waals surface area contributed by atoms with Gasteiger partial charge in [-0.15, -0.1) is 0 Å². The summed E-state index contributed by atoms with van der Waals surface area (Å²) < 4.78 is 25.0. The maximum absolute atomic E-state index is 12.0. The van der Waals surface area contributed by atoms with E-state index >= 15 is 0 Å². The molecule has 0 aromatic heterocycles. The molecule has 0 fully saturated rings. The lowest BCUT2D eigenvalue weighted by Gasteiger charge is -2.10. The Labute approximate surface area is 127 Å². The van der Waals surface area contributed by atoms with Gasteiger partial charge in [-0.1, -0.05) is 32.3 Å². The molecule has 1 rings (SSSR count). The average molecular weight is 312 g/mol. The first-order chi connectivity index (χ1) is 9.83. The quantitative estimate of drug-likeness (QED) is 0.725. The van der Waals surface area contributed by atoms with Crippen LogP contribution >= 0.6 is 0 Å². The minimum absolute atomic E-state index is 0.178. The smallest absolute Gasteiger partial charge is 0.251 e. The molecule has 21 heavy (non-hydrogen) atoms. The van der Waals surface area contributed by atoms with E-state index in [1.165, 1.54) is 6.42 Å². The number of nitrogens with one attached hydrogen (secondary N) is 2. The topological polar surface area (TPSA) is 75.3 Å². The fourth-order valence-electron chi connectivity index (χ4n) is 1.93. The van der Waals surface area contributed by atoms with Crippen LogP contribution in [0.25, 0.3) is 0 Å². The van der Waals surface area contributed by atoms with Gasteiger partial charge in [-0.3, -0.25) is 9.52 Å². The fraction of sp³-hybridized carbons (Fsp3) is 0.533. The average Bonchev–Trinajstić information content (AvgIpc) is 2.39. The SMILES string of the molecule is CCCCCCNC(=O)c1ccc(C)c(NS(C)(=O)=O)c1. The van der Waals surface area contributed by atoms with Crippen molar-refractivity contribution in [3.63, 3.8) is 0 Å². The Hall–Kier alpha value is -1.56. The van der Waals surface area contributed by atoms with Crippen LogP contribution in [0.3, 0.4) is 0 Å². The first-order valence-corrected chi connectivity index (χ1v) is 9.09. The minimum Gasteiger partial charge on any atom is -0.352 e.